The van der Waals surface area contributed by atoms with Gasteiger partial charge in [-0.2, -0.15) is 4.52 Å². The van der Waals surface area contributed by atoms with Gasteiger partial charge in [0.25, 0.3) is 0 Å². The molecule has 0 saturated carbocycles. The van der Waals surface area contributed by atoms with E-state index in [4.69, 9.17) is 4.74 Å². The van der Waals surface area contributed by atoms with Gasteiger partial charge in [0.2, 0.25) is 10.8 Å². The van der Waals surface area contributed by atoms with Crippen LogP contribution in [0.25, 0.3) is 4.96 Å². The van der Waals surface area contributed by atoms with Gasteiger partial charge in [-0.1, -0.05) is 36.5 Å². The van der Waals surface area contributed by atoms with Gasteiger partial charge < -0.3 is 9.84 Å². The number of hydrogen-bond donors (Lipinski definition) is 1. The normalized spacial score (nSPS) is 22.4. The molecule has 1 N–H and O–H groups in total. The molecule has 0 aliphatic carbocycles. The van der Waals surface area contributed by atoms with Crippen LogP contribution in [0, 0.1) is 5.82 Å². The molecule has 0 spiro atoms. The summed E-state index contributed by atoms with van der Waals surface area (Å²) in [4.78, 5) is 7.90. The van der Waals surface area contributed by atoms with Gasteiger partial charge in [0.05, 0.1) is 23.1 Å². The fourth-order valence-corrected chi connectivity index (χ4v) is 4.87. The van der Waals surface area contributed by atoms with E-state index in [-0.39, 0.29) is 23.9 Å². The second-order valence-electron chi connectivity index (χ2n) is 7.00. The van der Waals surface area contributed by atoms with Crippen molar-refractivity contribution in [2.24, 2.45) is 0 Å². The second kappa shape index (κ2) is 7.18. The molecule has 0 bridgehead atoms. The number of fused-ring (bicyclic) bond motifs is 1. The second-order valence-corrected chi connectivity index (χ2v) is 8.01. The highest BCUT2D eigenvalue weighted by molar-refractivity contribution is 7.17. The van der Waals surface area contributed by atoms with Crippen LogP contribution in [0.1, 0.15) is 43.1 Å². The highest BCUT2D eigenvalue weighted by Crippen LogP contribution is 2.41. The minimum atomic E-state index is -0.418. The molecule has 3 aromatic rings. The van der Waals surface area contributed by atoms with E-state index in [0.29, 0.717) is 40.7 Å². The molecule has 2 aromatic heterocycles. The largest absolute Gasteiger partial charge is 0.492 e. The number of morpholine rings is 1. The predicted octanol–water partition coefficient (Wildman–Crippen LogP) is 3.40. The van der Waals surface area contributed by atoms with E-state index in [1.54, 1.807) is 12.1 Å². The third kappa shape index (κ3) is 3.33. The predicted molar refractivity (Wildman–Crippen MR) is 102 cm³/mol. The van der Waals surface area contributed by atoms with Crippen molar-refractivity contribution in [2.75, 3.05) is 13.1 Å². The minimum absolute atomic E-state index is 0.0269. The first kappa shape index (κ1) is 18.3. The molecule has 27 heavy (non-hydrogen) atoms. The zero-order valence-electron chi connectivity index (χ0n) is 15.6. The summed E-state index contributed by atoms with van der Waals surface area (Å²) in [6, 6.07) is 6.31. The zero-order chi connectivity index (χ0) is 19.1. The van der Waals surface area contributed by atoms with Crippen LogP contribution < -0.4 is 0 Å². The summed E-state index contributed by atoms with van der Waals surface area (Å²) in [5.41, 5.74) is 0.536. The van der Waals surface area contributed by atoms with Crippen molar-refractivity contribution >= 4 is 16.3 Å². The van der Waals surface area contributed by atoms with Crippen molar-refractivity contribution in [3.8, 4) is 5.88 Å². The fourth-order valence-electron chi connectivity index (χ4n) is 3.75. The molecule has 1 saturated heterocycles. The first-order valence-electron chi connectivity index (χ1n) is 9.19. The van der Waals surface area contributed by atoms with Crippen LogP contribution in [0.2, 0.25) is 0 Å². The lowest BCUT2D eigenvalue weighted by Gasteiger charge is -2.40. The number of ether oxygens (including phenoxy) is 1. The molecular weight excluding hydrogens is 367 g/mol. The first-order valence-corrected chi connectivity index (χ1v) is 10.0. The molecule has 1 aromatic carbocycles. The van der Waals surface area contributed by atoms with Gasteiger partial charge in [-0.25, -0.2) is 9.37 Å². The van der Waals surface area contributed by atoms with Gasteiger partial charge in [0.1, 0.15) is 5.82 Å². The van der Waals surface area contributed by atoms with Gasteiger partial charge in [-0.3, -0.25) is 4.90 Å². The van der Waals surface area contributed by atoms with E-state index in [9.17, 15) is 9.50 Å². The lowest BCUT2D eigenvalue weighted by Crippen LogP contribution is -2.47. The van der Waals surface area contributed by atoms with E-state index in [2.05, 4.69) is 15.0 Å². The Balaban J connectivity index is 1.84. The molecular formula is C19H23FN4O2S. The molecule has 4 rings (SSSR count). The smallest absolute Gasteiger partial charge is 0.230 e. The van der Waals surface area contributed by atoms with Crippen molar-refractivity contribution in [1.82, 2.24) is 19.5 Å². The Morgan fingerprint density at radius 2 is 2.00 bits per heavy atom. The summed E-state index contributed by atoms with van der Waals surface area (Å²) >= 11 is 1.36. The Hall–Kier alpha value is -2.03. The van der Waals surface area contributed by atoms with Crippen molar-refractivity contribution in [2.45, 2.75) is 45.4 Å². The van der Waals surface area contributed by atoms with E-state index in [1.165, 1.54) is 21.9 Å². The molecule has 0 amide bonds. The Morgan fingerprint density at radius 3 is 2.63 bits per heavy atom. The summed E-state index contributed by atoms with van der Waals surface area (Å²) in [6.45, 7) is 7.29. The minimum Gasteiger partial charge on any atom is -0.492 e. The molecule has 1 aliphatic rings. The third-order valence-corrected chi connectivity index (χ3v) is 5.89. The van der Waals surface area contributed by atoms with Gasteiger partial charge in [0.15, 0.2) is 5.82 Å². The number of aromatic hydroxyl groups is 1. The summed E-state index contributed by atoms with van der Waals surface area (Å²) in [5.74, 6) is 0.420. The molecule has 3 atom stereocenters. The number of rotatable bonds is 4. The average molecular weight is 390 g/mol. The SMILES string of the molecule is CCc1nc2sc([C@@H](c3ccccc3F)N3C[C@@H](C)O[C@H](C)C3)c(O)n2n1. The van der Waals surface area contributed by atoms with Crippen LogP contribution in [-0.4, -0.2) is 49.9 Å². The van der Waals surface area contributed by atoms with Crippen LogP contribution in [0.5, 0.6) is 5.88 Å². The maximum absolute atomic E-state index is 14.7. The summed E-state index contributed by atoms with van der Waals surface area (Å²) in [7, 11) is 0. The van der Waals surface area contributed by atoms with E-state index < -0.39 is 6.04 Å². The lowest BCUT2D eigenvalue weighted by molar-refractivity contribution is -0.0767. The molecule has 8 heteroatoms. The number of thiazole rings is 1. The molecule has 3 heterocycles. The van der Waals surface area contributed by atoms with Gasteiger partial charge >= 0.3 is 0 Å². The maximum atomic E-state index is 14.7. The van der Waals surface area contributed by atoms with Crippen LogP contribution in [0.15, 0.2) is 24.3 Å². The Labute approximate surface area is 161 Å². The van der Waals surface area contributed by atoms with Crippen molar-refractivity contribution in [1.29, 1.82) is 0 Å². The highest BCUT2D eigenvalue weighted by atomic mass is 32.1. The molecule has 0 unspecified atom stereocenters. The van der Waals surface area contributed by atoms with Crippen molar-refractivity contribution in [3.63, 3.8) is 0 Å². The van der Waals surface area contributed by atoms with Crippen LogP contribution in [-0.2, 0) is 11.2 Å². The maximum Gasteiger partial charge on any atom is 0.230 e. The van der Waals surface area contributed by atoms with Crippen LogP contribution in [0.3, 0.4) is 0 Å². The summed E-state index contributed by atoms with van der Waals surface area (Å²) < 4.78 is 22.0. The Kier molecular flexibility index (Phi) is 4.88. The van der Waals surface area contributed by atoms with Gasteiger partial charge in [0, 0.05) is 25.1 Å². The standard InChI is InChI=1S/C19H23FN4O2S/c1-4-15-21-19-24(22-15)18(25)17(27-19)16(13-7-5-6-8-14(13)20)23-9-11(2)26-12(3)10-23/h5-8,11-12,16,25H,4,9-10H2,1-3H3/t11-,12-,16-/m1/s1. The average Bonchev–Trinajstić information content (AvgIpc) is 3.16. The molecule has 0 radical (unpaired) electrons. The van der Waals surface area contributed by atoms with Crippen molar-refractivity contribution < 1.29 is 14.2 Å². The Morgan fingerprint density at radius 1 is 1.30 bits per heavy atom. The number of halogens is 1. The lowest BCUT2D eigenvalue weighted by atomic mass is 10.0. The number of aromatic nitrogens is 3. The van der Waals surface area contributed by atoms with Crippen LogP contribution in [0.4, 0.5) is 4.39 Å². The summed E-state index contributed by atoms with van der Waals surface area (Å²) in [6.07, 6.45) is 0.747. The number of benzene rings is 1. The molecule has 6 nitrogen and oxygen atoms in total. The van der Waals surface area contributed by atoms with Gasteiger partial charge in [-0.15, -0.1) is 5.10 Å². The number of aryl methyl sites for hydroxylation is 1. The zero-order valence-corrected chi connectivity index (χ0v) is 16.4. The number of nitrogens with zero attached hydrogens (tertiary/aromatic N) is 4. The quantitative estimate of drug-likeness (QED) is 0.740. The van der Waals surface area contributed by atoms with E-state index >= 15 is 0 Å². The highest BCUT2D eigenvalue weighted by Gasteiger charge is 2.35. The van der Waals surface area contributed by atoms with Crippen LogP contribution >= 0.6 is 11.3 Å². The van der Waals surface area contributed by atoms with E-state index in [1.807, 2.05) is 26.8 Å². The summed E-state index contributed by atoms with van der Waals surface area (Å²) in [5, 5.41) is 15.2. The van der Waals surface area contributed by atoms with E-state index in [0.717, 1.165) is 0 Å². The molecule has 1 aliphatic heterocycles. The third-order valence-electron chi connectivity index (χ3n) is 4.82. The van der Waals surface area contributed by atoms with Gasteiger partial charge in [-0.05, 0) is 19.9 Å². The monoisotopic (exact) mass is 390 g/mol. The number of hydrogen-bond acceptors (Lipinski definition) is 6. The first-order chi connectivity index (χ1) is 13.0. The molecule has 144 valence electrons. The Bertz CT molecular complexity index is 946. The fraction of sp³-hybridized carbons (Fsp3) is 0.474. The molecule has 1 fully saturated rings. The van der Waals surface area contributed by atoms with Crippen molar-refractivity contribution in [3.05, 3.63) is 46.3 Å². The topological polar surface area (TPSA) is 62.9 Å².